The lowest BCUT2D eigenvalue weighted by Crippen LogP contribution is -2.35. The lowest BCUT2D eigenvalue weighted by Gasteiger charge is -2.34. The third-order valence-electron chi connectivity index (χ3n) is 8.67. The number of alkyl halides is 6. The van der Waals surface area contributed by atoms with Crippen LogP contribution in [0, 0.1) is 52.3 Å². The summed E-state index contributed by atoms with van der Waals surface area (Å²) < 4.78 is 79.5. The maximum absolute atomic E-state index is 13.2. The van der Waals surface area contributed by atoms with Crippen molar-refractivity contribution in [2.45, 2.75) is 57.3 Å². The fourth-order valence-corrected chi connectivity index (χ4v) is 6.33. The lowest BCUT2D eigenvalue weighted by atomic mass is 9.86. The fraction of sp³-hybridized carbons (Fsp3) is 0.556. The van der Waals surface area contributed by atoms with Crippen LogP contribution in [0.25, 0.3) is 0 Å². The van der Waals surface area contributed by atoms with Crippen LogP contribution in [-0.4, -0.2) is 45.9 Å². The topological polar surface area (TPSA) is 179 Å². The van der Waals surface area contributed by atoms with E-state index in [4.69, 9.17) is 0 Å². The van der Waals surface area contributed by atoms with E-state index in [9.17, 15) is 66.8 Å². The van der Waals surface area contributed by atoms with E-state index in [0.717, 1.165) is 19.3 Å². The van der Waals surface area contributed by atoms with Gasteiger partial charge in [0.05, 0.1) is 30.8 Å². The van der Waals surface area contributed by atoms with Gasteiger partial charge in [0.25, 0.3) is 22.7 Å². The minimum absolute atomic E-state index is 0.136. The molecule has 0 unspecified atom stereocenters. The normalized spacial score (nSPS) is 16.7. The van der Waals surface area contributed by atoms with Crippen molar-refractivity contribution in [1.29, 1.82) is 0 Å². The summed E-state index contributed by atoms with van der Waals surface area (Å²) in [5, 5.41) is 46.4. The number of nitro groups is 4. The Morgan fingerprint density at radius 2 is 0.809 bits per heavy atom. The van der Waals surface area contributed by atoms with E-state index in [-0.39, 0.29) is 38.0 Å². The third kappa shape index (κ3) is 7.97. The summed E-state index contributed by atoms with van der Waals surface area (Å²) in [6, 6.07) is 1.20. The summed E-state index contributed by atoms with van der Waals surface area (Å²) in [4.78, 5) is 44.9. The maximum atomic E-state index is 13.2. The molecule has 0 atom stereocenters. The quantitative estimate of drug-likeness (QED) is 0.138. The average molecular weight is 679 g/mol. The Kier molecular flexibility index (Phi) is 10.1. The summed E-state index contributed by atoms with van der Waals surface area (Å²) in [5.74, 6) is 0.271. The summed E-state index contributed by atoms with van der Waals surface area (Å²) in [6.45, 7) is 0.614. The van der Waals surface area contributed by atoms with Gasteiger partial charge in [0, 0.05) is 50.4 Å². The van der Waals surface area contributed by atoms with E-state index in [2.05, 4.69) is 0 Å². The zero-order valence-corrected chi connectivity index (χ0v) is 24.5. The first-order valence-corrected chi connectivity index (χ1v) is 14.5. The van der Waals surface area contributed by atoms with E-state index >= 15 is 0 Å². The Labute approximate surface area is 261 Å². The Bertz CT molecular complexity index is 1370. The van der Waals surface area contributed by atoms with Crippen molar-refractivity contribution in [3.05, 3.63) is 75.8 Å². The molecule has 0 N–H and O–H groups in total. The smallest absolute Gasteiger partial charge is 0.360 e. The van der Waals surface area contributed by atoms with Crippen LogP contribution < -0.4 is 9.80 Å². The number of halogens is 6. The minimum atomic E-state index is -5.02. The van der Waals surface area contributed by atoms with Crippen molar-refractivity contribution in [3.63, 3.8) is 0 Å². The monoisotopic (exact) mass is 678 g/mol. The number of hydrogen-bond acceptors (Lipinski definition) is 10. The molecule has 0 radical (unpaired) electrons. The number of hydrogen-bond donors (Lipinski definition) is 0. The van der Waals surface area contributed by atoms with Gasteiger partial charge >= 0.3 is 12.4 Å². The highest BCUT2D eigenvalue weighted by Crippen LogP contribution is 2.46. The second kappa shape index (κ2) is 13.5. The van der Waals surface area contributed by atoms with Crippen LogP contribution in [0.2, 0.25) is 0 Å². The highest BCUT2D eigenvalue weighted by atomic mass is 19.4. The van der Waals surface area contributed by atoms with E-state index in [1.165, 1.54) is 9.80 Å². The van der Waals surface area contributed by atoms with Gasteiger partial charge in [-0.1, -0.05) is 19.3 Å². The van der Waals surface area contributed by atoms with Crippen molar-refractivity contribution in [2.24, 2.45) is 11.8 Å². The van der Waals surface area contributed by atoms with Crippen molar-refractivity contribution < 1.29 is 46.0 Å². The Balaban J connectivity index is 1.35. The van der Waals surface area contributed by atoms with Gasteiger partial charge in [0.15, 0.2) is 11.4 Å². The minimum Gasteiger partial charge on any atom is -0.360 e. The molecule has 0 aliphatic carbocycles. The fourth-order valence-electron chi connectivity index (χ4n) is 6.33. The molecule has 0 amide bonds. The molecular weight excluding hydrogens is 650 g/mol. The predicted octanol–water partition coefficient (Wildman–Crippen LogP) is 7.66. The van der Waals surface area contributed by atoms with Gasteiger partial charge in [-0.2, -0.15) is 26.3 Å². The van der Waals surface area contributed by atoms with Crippen LogP contribution in [0.5, 0.6) is 0 Å². The van der Waals surface area contributed by atoms with E-state index < -0.39 is 77.3 Å². The summed E-state index contributed by atoms with van der Waals surface area (Å²) in [5.41, 5.74) is -7.90. The summed E-state index contributed by atoms with van der Waals surface area (Å²) in [6.07, 6.45) is -5.93. The molecule has 2 saturated heterocycles. The van der Waals surface area contributed by atoms with Gasteiger partial charge in [0.1, 0.15) is 0 Å². The second-order valence-electron chi connectivity index (χ2n) is 11.5. The van der Waals surface area contributed by atoms with Gasteiger partial charge in [0.2, 0.25) is 0 Å². The molecule has 14 nitrogen and oxygen atoms in total. The molecule has 0 saturated carbocycles. The van der Waals surface area contributed by atoms with E-state index in [1.54, 1.807) is 0 Å². The Morgan fingerprint density at radius 3 is 1.02 bits per heavy atom. The standard InChI is InChI=1S/C27H28F6N6O8/c28-26(29,30)18-12-20(36(40)41)24(21(13-18)37(42)43)34-8-4-16(5-9-34)2-1-3-17-6-10-35(11-7-17)25-22(38(44)45)14-19(27(31,32)33)15-23(25)39(46)47/h12-17H,1-11H2. The van der Waals surface area contributed by atoms with Gasteiger partial charge < -0.3 is 9.80 Å². The van der Waals surface area contributed by atoms with Gasteiger partial charge in [-0.05, 0) is 37.5 Å². The molecule has 4 rings (SSSR count). The predicted molar refractivity (Wildman–Crippen MR) is 153 cm³/mol. The highest BCUT2D eigenvalue weighted by molar-refractivity contribution is 5.77. The zero-order valence-electron chi connectivity index (χ0n) is 24.5. The molecule has 0 bridgehead atoms. The molecule has 256 valence electrons. The van der Waals surface area contributed by atoms with Crippen LogP contribution in [-0.2, 0) is 12.4 Å². The number of benzene rings is 2. The van der Waals surface area contributed by atoms with Gasteiger partial charge in [-0.15, -0.1) is 0 Å². The number of nitrogens with zero attached hydrogens (tertiary/aromatic N) is 6. The molecule has 2 heterocycles. The zero-order chi connectivity index (χ0) is 34.8. The van der Waals surface area contributed by atoms with Crippen molar-refractivity contribution in [2.75, 3.05) is 36.0 Å². The SMILES string of the molecule is O=[N+]([O-])c1cc(C(F)(F)F)cc([N+](=O)[O-])c1N1CCC(CCCC2CCN(c3c([N+](=O)[O-])cc(C(F)(F)F)cc3[N+](=O)[O-])CC2)CC1. The number of anilines is 2. The van der Waals surface area contributed by atoms with E-state index in [0.29, 0.717) is 49.9 Å². The largest absolute Gasteiger partial charge is 0.416 e. The first-order chi connectivity index (χ1) is 21.9. The Hall–Kier alpha value is -4.78. The number of rotatable bonds is 10. The van der Waals surface area contributed by atoms with Gasteiger partial charge in [-0.3, -0.25) is 40.5 Å². The molecule has 20 heteroatoms. The van der Waals surface area contributed by atoms with Crippen molar-refractivity contribution in [1.82, 2.24) is 0 Å². The Morgan fingerprint density at radius 1 is 0.553 bits per heavy atom. The van der Waals surface area contributed by atoms with Crippen LogP contribution in [0.4, 0.5) is 60.5 Å². The third-order valence-corrected chi connectivity index (χ3v) is 8.67. The molecule has 2 fully saturated rings. The van der Waals surface area contributed by atoms with Crippen LogP contribution in [0.3, 0.4) is 0 Å². The molecule has 47 heavy (non-hydrogen) atoms. The second-order valence-corrected chi connectivity index (χ2v) is 11.5. The van der Waals surface area contributed by atoms with Crippen molar-refractivity contribution in [3.8, 4) is 0 Å². The van der Waals surface area contributed by atoms with Gasteiger partial charge in [-0.25, -0.2) is 0 Å². The average Bonchev–Trinajstić information content (AvgIpc) is 2.99. The molecule has 0 spiro atoms. The molecular formula is C27H28F6N6O8. The summed E-state index contributed by atoms with van der Waals surface area (Å²) >= 11 is 0. The first kappa shape index (κ1) is 35.1. The molecule has 2 aromatic carbocycles. The first-order valence-electron chi connectivity index (χ1n) is 14.5. The lowest BCUT2D eigenvalue weighted by molar-refractivity contribution is -0.393. The molecule has 2 aliphatic heterocycles. The van der Waals surface area contributed by atoms with Crippen LogP contribution >= 0.6 is 0 Å². The van der Waals surface area contributed by atoms with Crippen LogP contribution in [0.15, 0.2) is 24.3 Å². The highest BCUT2D eigenvalue weighted by Gasteiger charge is 2.41. The molecule has 2 aromatic rings. The number of piperidine rings is 2. The number of nitro benzene ring substituents is 4. The molecule has 0 aromatic heterocycles. The summed E-state index contributed by atoms with van der Waals surface area (Å²) in [7, 11) is 0. The van der Waals surface area contributed by atoms with E-state index in [1.807, 2.05) is 0 Å². The maximum Gasteiger partial charge on any atom is 0.416 e. The van der Waals surface area contributed by atoms with Crippen LogP contribution in [0.1, 0.15) is 56.1 Å². The molecule has 2 aliphatic rings. The van der Waals surface area contributed by atoms with Crippen molar-refractivity contribution >= 4 is 34.1 Å².